The quantitative estimate of drug-likeness (QED) is 0.131. The number of hydrogen-bond acceptors (Lipinski definition) is 7. The lowest BCUT2D eigenvalue weighted by molar-refractivity contribution is -0.528. The van der Waals surface area contributed by atoms with Crippen molar-refractivity contribution < 1.29 is 28.1 Å². The molecule has 0 saturated heterocycles. The van der Waals surface area contributed by atoms with Crippen LogP contribution in [0.15, 0.2) is 42.2 Å². The maximum Gasteiger partial charge on any atom is 0.461 e. The highest BCUT2D eigenvalue weighted by molar-refractivity contribution is 6.74. The van der Waals surface area contributed by atoms with E-state index >= 15 is 0 Å². The Labute approximate surface area is 253 Å². The van der Waals surface area contributed by atoms with Crippen LogP contribution in [0.2, 0.25) is 23.3 Å². The number of rotatable bonds is 7. The molecule has 1 aromatic carbocycles. The fourth-order valence-corrected chi connectivity index (χ4v) is 5.69. The molecule has 2 heterocycles. The largest absolute Gasteiger partial charge is 0.461 e. The van der Waals surface area contributed by atoms with E-state index in [0.29, 0.717) is 36.2 Å². The molecule has 12 heteroatoms. The Hall–Kier alpha value is -3.28. The van der Waals surface area contributed by atoms with Gasteiger partial charge in [0.05, 0.1) is 11.8 Å². The summed E-state index contributed by atoms with van der Waals surface area (Å²) in [6, 6.07) is 8.97. The fourth-order valence-electron chi connectivity index (χ4n) is 4.44. The number of anilines is 1. The van der Waals surface area contributed by atoms with Crippen LogP contribution in [0.4, 0.5) is 10.7 Å². The van der Waals surface area contributed by atoms with Gasteiger partial charge in [-0.15, -0.1) is 4.98 Å². The monoisotopic (exact) mass is 614 g/mol. The van der Waals surface area contributed by atoms with Gasteiger partial charge in [0.1, 0.15) is 11.7 Å². The van der Waals surface area contributed by atoms with Crippen molar-refractivity contribution in [1.29, 1.82) is 0 Å². The van der Waals surface area contributed by atoms with Gasteiger partial charge in [0.25, 0.3) is 5.65 Å². The zero-order valence-electron chi connectivity index (χ0n) is 25.6. The normalized spacial score (nSPS) is 18.8. The molecule has 10 nitrogen and oxygen atoms in total. The number of carbonyl (C=O) groups excluding carboxylic acids is 2. The Bertz CT molecular complexity index is 1480. The summed E-state index contributed by atoms with van der Waals surface area (Å²) in [5.74, 6) is -0.449. The summed E-state index contributed by atoms with van der Waals surface area (Å²) in [6.07, 6.45) is 3.59. The van der Waals surface area contributed by atoms with Crippen LogP contribution in [0.5, 0.6) is 0 Å². The van der Waals surface area contributed by atoms with Gasteiger partial charge in [0.15, 0.2) is 20.2 Å². The van der Waals surface area contributed by atoms with Crippen molar-refractivity contribution in [2.45, 2.75) is 84.2 Å². The van der Waals surface area contributed by atoms with Crippen LogP contribution in [0, 0.1) is 5.92 Å². The van der Waals surface area contributed by atoms with E-state index in [1.165, 1.54) is 6.33 Å². The highest BCUT2D eigenvalue weighted by atomic mass is 35.5. The molecule has 1 aliphatic carbocycles. The first-order chi connectivity index (χ1) is 19.6. The minimum atomic E-state index is -2.12. The molecule has 226 valence electrons. The molecule has 2 aromatic heterocycles. The lowest BCUT2D eigenvalue weighted by atomic mass is 10.0. The molecule has 1 saturated carbocycles. The van der Waals surface area contributed by atoms with Crippen molar-refractivity contribution in [3.8, 4) is 0 Å². The van der Waals surface area contributed by atoms with E-state index in [4.69, 9.17) is 25.5 Å². The van der Waals surface area contributed by atoms with Gasteiger partial charge in [-0.05, 0) is 81.1 Å². The van der Waals surface area contributed by atoms with E-state index in [2.05, 4.69) is 54.1 Å². The molecule has 1 aliphatic rings. The van der Waals surface area contributed by atoms with Crippen LogP contribution >= 0.6 is 11.6 Å². The summed E-state index contributed by atoms with van der Waals surface area (Å²) in [5.41, 5.74) is 1.76. The van der Waals surface area contributed by atoms with Gasteiger partial charge < -0.3 is 18.9 Å². The number of hydrogen-bond donors (Lipinski definition) is 2. The molecule has 2 atom stereocenters. The maximum atomic E-state index is 13.1. The number of imidazole rings is 1. The number of nitrogens with one attached hydrogen (secondary N) is 2. The van der Waals surface area contributed by atoms with Crippen molar-refractivity contribution in [3.05, 3.63) is 52.9 Å². The van der Waals surface area contributed by atoms with Gasteiger partial charge in [-0.1, -0.05) is 44.0 Å². The Morgan fingerprint density at radius 3 is 2.50 bits per heavy atom. The third-order valence-corrected chi connectivity index (χ3v) is 12.5. The number of benzene rings is 1. The summed E-state index contributed by atoms with van der Waals surface area (Å²) < 4.78 is 19.9. The standard InChI is InChI=1S/C30H40ClN5O5Si/c1-29(2,3)41-28(38)35-27-34-24(31)23-25(33-18-32-23)36(27)16-20-14-15-22(40-26(37)19-12-10-9-11-13-19)21(20)17-39-42(7,8)30(4,5)6/h9-13,16,18,21-22H,14-15,17H2,1-8H3,(H,32,33,34,35,38)/p+1. The third kappa shape index (κ3) is 7.37. The average Bonchev–Trinajstić information content (AvgIpc) is 3.51. The summed E-state index contributed by atoms with van der Waals surface area (Å²) in [7, 11) is -2.12. The Kier molecular flexibility index (Phi) is 9.15. The number of ether oxygens (including phenoxy) is 2. The van der Waals surface area contributed by atoms with Crippen LogP contribution in [0.3, 0.4) is 0 Å². The van der Waals surface area contributed by atoms with Crippen molar-refractivity contribution in [2.75, 3.05) is 11.9 Å². The van der Waals surface area contributed by atoms with Crippen LogP contribution in [-0.4, -0.2) is 53.6 Å². The second kappa shape index (κ2) is 12.1. The highest BCUT2D eigenvalue weighted by Gasteiger charge is 2.41. The number of amides is 1. The molecule has 4 rings (SSSR count). The lowest BCUT2D eigenvalue weighted by Gasteiger charge is -2.37. The van der Waals surface area contributed by atoms with Gasteiger partial charge in [0, 0.05) is 12.5 Å². The summed E-state index contributed by atoms with van der Waals surface area (Å²) in [6.45, 7) is 16.7. The van der Waals surface area contributed by atoms with Crippen LogP contribution in [-0.2, 0) is 13.9 Å². The SMILES string of the molecule is CC(C)(C)OC(=O)Nc1nc(Cl)c2[nH]cnc2[n+]1C=C1CCC(OC(=O)c2ccccc2)C1CO[Si](C)(C)C(C)(C)C. The van der Waals surface area contributed by atoms with Gasteiger partial charge in [-0.2, -0.15) is 9.88 Å². The molecule has 42 heavy (non-hydrogen) atoms. The summed E-state index contributed by atoms with van der Waals surface area (Å²) in [4.78, 5) is 37.7. The van der Waals surface area contributed by atoms with Gasteiger partial charge >= 0.3 is 18.0 Å². The van der Waals surface area contributed by atoms with Crippen LogP contribution in [0.1, 0.15) is 64.7 Å². The maximum absolute atomic E-state index is 13.1. The van der Waals surface area contributed by atoms with E-state index in [9.17, 15) is 9.59 Å². The number of nitrogens with zero attached hydrogens (tertiary/aromatic N) is 3. The number of H-pyrrole nitrogens is 1. The molecule has 0 aliphatic heterocycles. The van der Waals surface area contributed by atoms with Crippen molar-refractivity contribution >= 4 is 55.3 Å². The molecular weight excluding hydrogens is 574 g/mol. The van der Waals surface area contributed by atoms with Crippen molar-refractivity contribution in [1.82, 2.24) is 15.0 Å². The molecule has 0 radical (unpaired) electrons. The zero-order valence-corrected chi connectivity index (χ0v) is 27.3. The van der Waals surface area contributed by atoms with E-state index in [0.717, 1.165) is 5.57 Å². The molecule has 0 spiro atoms. The number of esters is 1. The number of aromatic amines is 1. The molecule has 0 bridgehead atoms. The third-order valence-electron chi connectivity index (χ3n) is 7.73. The predicted octanol–water partition coefficient (Wildman–Crippen LogP) is 6.74. The van der Waals surface area contributed by atoms with Crippen molar-refractivity contribution in [2.24, 2.45) is 5.92 Å². The second-order valence-corrected chi connectivity index (χ2v) is 18.2. The van der Waals surface area contributed by atoms with E-state index in [1.54, 1.807) is 37.5 Å². The topological polar surface area (TPSA) is 119 Å². The molecule has 3 aromatic rings. The molecular formula is C30H41ClN5O5Si+. The van der Waals surface area contributed by atoms with Gasteiger partial charge in [-0.3, -0.25) is 0 Å². The zero-order chi connectivity index (χ0) is 30.9. The van der Waals surface area contributed by atoms with Crippen LogP contribution < -0.4 is 9.88 Å². The van der Waals surface area contributed by atoms with Gasteiger partial charge in [0.2, 0.25) is 5.15 Å². The van der Waals surface area contributed by atoms with E-state index < -0.39 is 26.1 Å². The van der Waals surface area contributed by atoms with Crippen LogP contribution in [0.25, 0.3) is 17.4 Å². The first-order valence-corrected chi connectivity index (χ1v) is 17.4. The minimum Gasteiger partial charge on any atom is -0.458 e. The van der Waals surface area contributed by atoms with E-state index in [-0.39, 0.29) is 28.0 Å². The summed E-state index contributed by atoms with van der Waals surface area (Å²) in [5, 5.41) is 2.88. The Balaban J connectivity index is 1.73. The minimum absolute atomic E-state index is 0.00621. The lowest BCUT2D eigenvalue weighted by Crippen LogP contribution is -2.43. The number of halogens is 1. The van der Waals surface area contributed by atoms with E-state index in [1.807, 2.05) is 24.4 Å². The second-order valence-electron chi connectivity index (χ2n) is 13.1. The Morgan fingerprint density at radius 2 is 1.86 bits per heavy atom. The number of aromatic nitrogens is 4. The highest BCUT2D eigenvalue weighted by Crippen LogP contribution is 2.40. The van der Waals surface area contributed by atoms with Crippen molar-refractivity contribution in [3.63, 3.8) is 0 Å². The number of carbonyl (C=O) groups is 2. The first kappa shape index (κ1) is 31.6. The molecule has 2 unspecified atom stereocenters. The molecule has 2 N–H and O–H groups in total. The molecule has 1 fully saturated rings. The predicted molar refractivity (Wildman–Crippen MR) is 165 cm³/mol. The fraction of sp³-hybridized carbons (Fsp3) is 0.500. The average molecular weight is 615 g/mol. The van der Waals surface area contributed by atoms with Gasteiger partial charge in [-0.25, -0.2) is 9.59 Å². The summed E-state index contributed by atoms with van der Waals surface area (Å²) >= 11 is 6.44. The first-order valence-electron chi connectivity index (χ1n) is 14.1. The smallest absolute Gasteiger partial charge is 0.458 e. The number of fused-ring (bicyclic) bond motifs is 1. The molecule has 1 amide bonds. The Morgan fingerprint density at radius 1 is 1.17 bits per heavy atom.